The maximum atomic E-state index is 12.0. The molecule has 17 heavy (non-hydrogen) atoms. The standard InChI is InChI=1S/C11H11Cl2N3O/c1-3-4-6(17)9-7(12)8-10(16(9)2)11(13)15-5-14-8/h5H,3-4H2,1-2H3. The molecule has 0 atom stereocenters. The Hall–Kier alpha value is -1.13. The van der Waals surface area contributed by atoms with Gasteiger partial charge in [0.2, 0.25) is 0 Å². The lowest BCUT2D eigenvalue weighted by Gasteiger charge is -2.02. The molecule has 4 nitrogen and oxygen atoms in total. The lowest BCUT2D eigenvalue weighted by molar-refractivity contribution is 0.0974. The Kier molecular flexibility index (Phi) is 3.35. The topological polar surface area (TPSA) is 47.8 Å². The summed E-state index contributed by atoms with van der Waals surface area (Å²) in [5.74, 6) is -0.00549. The molecule has 0 spiro atoms. The second-order valence-electron chi connectivity index (χ2n) is 3.76. The predicted molar refractivity (Wildman–Crippen MR) is 67.8 cm³/mol. The average Bonchev–Trinajstić information content (AvgIpc) is 2.53. The van der Waals surface area contributed by atoms with Crippen LogP contribution < -0.4 is 0 Å². The van der Waals surface area contributed by atoms with Gasteiger partial charge in [-0.05, 0) is 6.42 Å². The van der Waals surface area contributed by atoms with Crippen LogP contribution in [-0.4, -0.2) is 20.3 Å². The van der Waals surface area contributed by atoms with Gasteiger partial charge < -0.3 is 4.57 Å². The SMILES string of the molecule is CCCC(=O)c1c(Cl)c2ncnc(Cl)c2n1C. The highest BCUT2D eigenvalue weighted by Crippen LogP contribution is 2.32. The second kappa shape index (κ2) is 4.63. The number of aromatic nitrogens is 3. The number of hydrogen-bond acceptors (Lipinski definition) is 3. The van der Waals surface area contributed by atoms with Crippen LogP contribution in [0.3, 0.4) is 0 Å². The quantitative estimate of drug-likeness (QED) is 0.636. The zero-order valence-electron chi connectivity index (χ0n) is 9.50. The first-order valence-corrected chi connectivity index (χ1v) is 6.01. The van der Waals surface area contributed by atoms with Crippen molar-refractivity contribution in [3.8, 4) is 0 Å². The molecule has 0 N–H and O–H groups in total. The lowest BCUT2D eigenvalue weighted by Crippen LogP contribution is -2.06. The highest BCUT2D eigenvalue weighted by molar-refractivity contribution is 6.40. The van der Waals surface area contributed by atoms with E-state index in [-0.39, 0.29) is 5.78 Å². The van der Waals surface area contributed by atoms with Crippen molar-refractivity contribution < 1.29 is 4.79 Å². The highest BCUT2D eigenvalue weighted by Gasteiger charge is 2.21. The second-order valence-corrected chi connectivity index (χ2v) is 4.49. The molecule has 0 aliphatic rings. The van der Waals surface area contributed by atoms with Gasteiger partial charge in [-0.3, -0.25) is 4.79 Å². The number of carbonyl (C=O) groups is 1. The molecule has 6 heteroatoms. The first kappa shape index (κ1) is 12.3. The molecule has 0 fully saturated rings. The predicted octanol–water partition coefficient (Wildman–Crippen LogP) is 3.26. The van der Waals surface area contributed by atoms with Crippen molar-refractivity contribution in [1.82, 2.24) is 14.5 Å². The number of halogens is 2. The number of rotatable bonds is 3. The van der Waals surface area contributed by atoms with E-state index in [1.54, 1.807) is 11.6 Å². The largest absolute Gasteiger partial charge is 0.336 e. The molecule has 0 saturated carbocycles. The van der Waals surface area contributed by atoms with Crippen molar-refractivity contribution in [3.05, 3.63) is 22.2 Å². The van der Waals surface area contributed by atoms with Gasteiger partial charge in [0.25, 0.3) is 0 Å². The first-order valence-electron chi connectivity index (χ1n) is 5.25. The van der Waals surface area contributed by atoms with E-state index >= 15 is 0 Å². The van der Waals surface area contributed by atoms with E-state index in [2.05, 4.69) is 9.97 Å². The van der Waals surface area contributed by atoms with Crippen LogP contribution in [0.4, 0.5) is 0 Å². The van der Waals surface area contributed by atoms with E-state index < -0.39 is 0 Å². The molecule has 0 aromatic carbocycles. The summed E-state index contributed by atoms with van der Waals surface area (Å²) in [4.78, 5) is 19.9. The summed E-state index contributed by atoms with van der Waals surface area (Å²) in [5.41, 5.74) is 1.57. The van der Waals surface area contributed by atoms with E-state index in [9.17, 15) is 4.79 Å². The van der Waals surface area contributed by atoms with E-state index in [0.717, 1.165) is 6.42 Å². The van der Waals surface area contributed by atoms with Crippen LogP contribution >= 0.6 is 23.2 Å². The van der Waals surface area contributed by atoms with Gasteiger partial charge in [0.05, 0.1) is 5.02 Å². The minimum Gasteiger partial charge on any atom is -0.336 e. The number of Topliss-reactive ketones (excluding diaryl/α,β-unsaturated/α-hetero) is 1. The molecule has 2 rings (SSSR count). The van der Waals surface area contributed by atoms with Gasteiger partial charge in [-0.15, -0.1) is 0 Å². The number of ketones is 1. The summed E-state index contributed by atoms with van der Waals surface area (Å²) < 4.78 is 1.66. The van der Waals surface area contributed by atoms with Crippen LogP contribution in [0.5, 0.6) is 0 Å². The summed E-state index contributed by atoms with van der Waals surface area (Å²) in [6, 6.07) is 0. The summed E-state index contributed by atoms with van der Waals surface area (Å²) in [6.07, 6.45) is 2.57. The van der Waals surface area contributed by atoms with Crippen LogP contribution in [0.2, 0.25) is 10.2 Å². The fraction of sp³-hybridized carbons (Fsp3) is 0.364. The Morgan fingerprint density at radius 2 is 2.12 bits per heavy atom. The third-order valence-electron chi connectivity index (χ3n) is 2.61. The Bertz CT molecular complexity index is 592. The van der Waals surface area contributed by atoms with Crippen LogP contribution in [0.25, 0.3) is 11.0 Å². The Morgan fingerprint density at radius 3 is 2.71 bits per heavy atom. The van der Waals surface area contributed by atoms with Crippen molar-refractivity contribution in [2.45, 2.75) is 19.8 Å². The molecule has 0 unspecified atom stereocenters. The Labute approximate surface area is 109 Å². The van der Waals surface area contributed by atoms with Crippen molar-refractivity contribution in [2.75, 3.05) is 0 Å². The van der Waals surface area contributed by atoms with Crippen LogP contribution in [-0.2, 0) is 7.05 Å². The zero-order chi connectivity index (χ0) is 12.6. The van der Waals surface area contributed by atoms with Crippen LogP contribution in [0.1, 0.15) is 30.3 Å². The highest BCUT2D eigenvalue weighted by atomic mass is 35.5. The van der Waals surface area contributed by atoms with Gasteiger partial charge >= 0.3 is 0 Å². The Morgan fingerprint density at radius 1 is 1.41 bits per heavy atom. The smallest absolute Gasteiger partial charge is 0.180 e. The molecule has 2 aromatic heterocycles. The van der Waals surface area contributed by atoms with E-state index in [4.69, 9.17) is 23.2 Å². The maximum Gasteiger partial charge on any atom is 0.180 e. The molecule has 2 heterocycles. The van der Waals surface area contributed by atoms with Gasteiger partial charge in [-0.25, -0.2) is 9.97 Å². The van der Waals surface area contributed by atoms with Gasteiger partial charge in [0, 0.05) is 13.5 Å². The molecule has 0 saturated heterocycles. The van der Waals surface area contributed by atoms with E-state index in [0.29, 0.717) is 33.3 Å². The number of aryl methyl sites for hydroxylation is 1. The van der Waals surface area contributed by atoms with Crippen LogP contribution in [0, 0.1) is 0 Å². The summed E-state index contributed by atoms with van der Waals surface area (Å²) in [5, 5.41) is 0.653. The molecule has 0 amide bonds. The molecule has 2 aromatic rings. The van der Waals surface area contributed by atoms with Crippen molar-refractivity contribution in [3.63, 3.8) is 0 Å². The molecule has 90 valence electrons. The molecule has 0 radical (unpaired) electrons. The third kappa shape index (κ3) is 1.91. The minimum atomic E-state index is -0.00549. The first-order chi connectivity index (χ1) is 8.07. The summed E-state index contributed by atoms with van der Waals surface area (Å²) in [7, 11) is 1.74. The van der Waals surface area contributed by atoms with Crippen molar-refractivity contribution in [2.24, 2.45) is 7.05 Å². The van der Waals surface area contributed by atoms with Crippen molar-refractivity contribution in [1.29, 1.82) is 0 Å². The number of fused-ring (bicyclic) bond motifs is 1. The van der Waals surface area contributed by atoms with Crippen LogP contribution in [0.15, 0.2) is 6.33 Å². The van der Waals surface area contributed by atoms with Gasteiger partial charge in [0.15, 0.2) is 10.9 Å². The molecular weight excluding hydrogens is 261 g/mol. The lowest BCUT2D eigenvalue weighted by atomic mass is 10.2. The number of nitrogens with zero attached hydrogens (tertiary/aromatic N) is 3. The fourth-order valence-electron chi connectivity index (χ4n) is 1.84. The van der Waals surface area contributed by atoms with Gasteiger partial charge in [-0.1, -0.05) is 30.1 Å². The van der Waals surface area contributed by atoms with E-state index in [1.807, 2.05) is 6.92 Å². The maximum absolute atomic E-state index is 12.0. The van der Waals surface area contributed by atoms with Crippen molar-refractivity contribution >= 4 is 40.0 Å². The molecule has 0 aliphatic carbocycles. The normalized spacial score (nSPS) is 11.1. The van der Waals surface area contributed by atoms with E-state index in [1.165, 1.54) is 6.33 Å². The van der Waals surface area contributed by atoms with Gasteiger partial charge in [0.1, 0.15) is 23.1 Å². The fourth-order valence-corrected chi connectivity index (χ4v) is 2.47. The number of hydrogen-bond donors (Lipinski definition) is 0. The monoisotopic (exact) mass is 271 g/mol. The Balaban J connectivity index is 2.73. The molecule has 0 aliphatic heterocycles. The average molecular weight is 272 g/mol. The number of carbonyl (C=O) groups excluding carboxylic acids is 1. The molecule has 0 bridgehead atoms. The zero-order valence-corrected chi connectivity index (χ0v) is 11.0. The molecular formula is C11H11Cl2N3O. The minimum absolute atomic E-state index is 0.00549. The third-order valence-corrected chi connectivity index (χ3v) is 3.24. The summed E-state index contributed by atoms with van der Waals surface area (Å²) in [6.45, 7) is 1.95. The van der Waals surface area contributed by atoms with Gasteiger partial charge in [-0.2, -0.15) is 0 Å². The summed E-state index contributed by atoms with van der Waals surface area (Å²) >= 11 is 12.2.